The Morgan fingerprint density at radius 3 is 2.47 bits per heavy atom. The standard InChI is InChI=1S/C14H20O5/c1-9-11(15)12(16)13(14(17-2)19-9)18-8-10-6-4-3-5-7-10/h3-7,9,11-16H,8H2,1-2H3/t9-,11-,12+,13+,14+/m1/s1. The fourth-order valence-electron chi connectivity index (χ4n) is 2.14. The number of benzene rings is 1. The normalized spacial score (nSPS) is 35.3. The quantitative estimate of drug-likeness (QED) is 0.840. The molecule has 5 atom stereocenters. The lowest BCUT2D eigenvalue weighted by atomic mass is 10.00. The van der Waals surface area contributed by atoms with Gasteiger partial charge in [-0.25, -0.2) is 0 Å². The average molecular weight is 268 g/mol. The molecule has 0 aromatic heterocycles. The van der Waals surface area contributed by atoms with Gasteiger partial charge in [-0.15, -0.1) is 0 Å². The molecule has 0 aliphatic carbocycles. The molecule has 19 heavy (non-hydrogen) atoms. The largest absolute Gasteiger partial charge is 0.388 e. The second kappa shape index (κ2) is 6.45. The monoisotopic (exact) mass is 268 g/mol. The van der Waals surface area contributed by atoms with Crippen LogP contribution in [0.15, 0.2) is 30.3 Å². The fraction of sp³-hybridized carbons (Fsp3) is 0.571. The first-order valence-electron chi connectivity index (χ1n) is 6.33. The van der Waals surface area contributed by atoms with E-state index in [-0.39, 0.29) is 0 Å². The molecule has 1 aliphatic rings. The second-order valence-electron chi connectivity index (χ2n) is 4.69. The molecule has 1 fully saturated rings. The predicted molar refractivity (Wildman–Crippen MR) is 68.4 cm³/mol. The summed E-state index contributed by atoms with van der Waals surface area (Å²) in [5.41, 5.74) is 0.984. The molecule has 2 N–H and O–H groups in total. The number of hydrogen-bond donors (Lipinski definition) is 2. The molecule has 1 aromatic rings. The number of aliphatic hydroxyl groups excluding tert-OH is 2. The van der Waals surface area contributed by atoms with Gasteiger partial charge in [-0.3, -0.25) is 0 Å². The molecule has 0 saturated carbocycles. The number of aliphatic hydroxyl groups is 2. The second-order valence-corrected chi connectivity index (χ2v) is 4.69. The van der Waals surface area contributed by atoms with Crippen molar-refractivity contribution < 1.29 is 24.4 Å². The van der Waals surface area contributed by atoms with Gasteiger partial charge < -0.3 is 24.4 Å². The number of hydrogen-bond acceptors (Lipinski definition) is 5. The van der Waals surface area contributed by atoms with E-state index in [0.29, 0.717) is 6.61 Å². The van der Waals surface area contributed by atoms with E-state index in [9.17, 15) is 10.2 Å². The number of ether oxygens (including phenoxy) is 3. The zero-order chi connectivity index (χ0) is 13.8. The highest BCUT2D eigenvalue weighted by atomic mass is 16.7. The predicted octanol–water partition coefficient (Wildman–Crippen LogP) is 0.685. The van der Waals surface area contributed by atoms with Gasteiger partial charge in [0.15, 0.2) is 6.29 Å². The first-order chi connectivity index (χ1) is 9.13. The molecule has 2 rings (SSSR count). The first kappa shape index (κ1) is 14.4. The molecule has 0 bridgehead atoms. The van der Waals surface area contributed by atoms with Crippen LogP contribution in [-0.2, 0) is 20.8 Å². The summed E-state index contributed by atoms with van der Waals surface area (Å²) in [7, 11) is 1.49. The molecule has 0 amide bonds. The molecule has 0 unspecified atom stereocenters. The van der Waals surface area contributed by atoms with Crippen LogP contribution in [0.5, 0.6) is 0 Å². The van der Waals surface area contributed by atoms with Crippen molar-refractivity contribution in [3.63, 3.8) is 0 Å². The molecule has 106 valence electrons. The van der Waals surface area contributed by atoms with E-state index < -0.39 is 30.7 Å². The minimum absolute atomic E-state index is 0.326. The van der Waals surface area contributed by atoms with E-state index >= 15 is 0 Å². The van der Waals surface area contributed by atoms with E-state index in [1.165, 1.54) is 7.11 Å². The van der Waals surface area contributed by atoms with Gasteiger partial charge in [0.05, 0.1) is 12.7 Å². The van der Waals surface area contributed by atoms with Gasteiger partial charge in [0.25, 0.3) is 0 Å². The zero-order valence-corrected chi connectivity index (χ0v) is 11.1. The van der Waals surface area contributed by atoms with E-state index in [1.807, 2.05) is 30.3 Å². The Morgan fingerprint density at radius 1 is 1.16 bits per heavy atom. The van der Waals surface area contributed by atoms with Crippen molar-refractivity contribution in [1.82, 2.24) is 0 Å². The van der Waals surface area contributed by atoms with Gasteiger partial charge in [0, 0.05) is 7.11 Å². The van der Waals surface area contributed by atoms with E-state index in [2.05, 4.69) is 0 Å². The Bertz CT molecular complexity index is 381. The van der Waals surface area contributed by atoms with Crippen LogP contribution < -0.4 is 0 Å². The van der Waals surface area contributed by atoms with Crippen molar-refractivity contribution in [1.29, 1.82) is 0 Å². The zero-order valence-electron chi connectivity index (χ0n) is 11.1. The van der Waals surface area contributed by atoms with Crippen molar-refractivity contribution in [3.8, 4) is 0 Å². The lowest BCUT2D eigenvalue weighted by Crippen LogP contribution is -2.58. The van der Waals surface area contributed by atoms with Crippen molar-refractivity contribution in [3.05, 3.63) is 35.9 Å². The Kier molecular flexibility index (Phi) is 4.90. The third-order valence-corrected chi connectivity index (χ3v) is 3.30. The Labute approximate surface area is 112 Å². The van der Waals surface area contributed by atoms with Crippen LogP contribution in [-0.4, -0.2) is 48.0 Å². The smallest absolute Gasteiger partial charge is 0.186 e. The molecule has 1 aromatic carbocycles. The summed E-state index contributed by atoms with van der Waals surface area (Å²) in [6.07, 6.45) is -3.89. The maximum Gasteiger partial charge on any atom is 0.186 e. The van der Waals surface area contributed by atoms with Gasteiger partial charge in [-0.2, -0.15) is 0 Å². The Hall–Kier alpha value is -0.980. The SMILES string of the molecule is CO[C@H]1O[C@H](C)[C@@H](O)[C@H](O)[C@@H]1OCc1ccccc1. The third kappa shape index (κ3) is 3.32. The summed E-state index contributed by atoms with van der Waals surface area (Å²) in [4.78, 5) is 0. The third-order valence-electron chi connectivity index (χ3n) is 3.30. The fourth-order valence-corrected chi connectivity index (χ4v) is 2.14. The lowest BCUT2D eigenvalue weighted by Gasteiger charge is -2.40. The highest BCUT2D eigenvalue weighted by molar-refractivity contribution is 5.13. The maximum atomic E-state index is 10.1. The van der Waals surface area contributed by atoms with E-state index in [0.717, 1.165) is 5.56 Å². The summed E-state index contributed by atoms with van der Waals surface area (Å²) >= 11 is 0. The summed E-state index contributed by atoms with van der Waals surface area (Å²) < 4.78 is 16.3. The van der Waals surface area contributed by atoms with Gasteiger partial charge >= 0.3 is 0 Å². The van der Waals surface area contributed by atoms with Crippen LogP contribution >= 0.6 is 0 Å². The van der Waals surface area contributed by atoms with E-state index in [1.54, 1.807) is 6.92 Å². The molecule has 0 radical (unpaired) electrons. The van der Waals surface area contributed by atoms with Crippen LogP contribution in [0.25, 0.3) is 0 Å². The average Bonchev–Trinajstić information content (AvgIpc) is 2.44. The Morgan fingerprint density at radius 2 is 1.84 bits per heavy atom. The van der Waals surface area contributed by atoms with Crippen molar-refractivity contribution in [2.45, 2.75) is 44.2 Å². The molecule has 5 nitrogen and oxygen atoms in total. The van der Waals surface area contributed by atoms with Crippen LogP contribution in [0.1, 0.15) is 12.5 Å². The molecule has 5 heteroatoms. The van der Waals surface area contributed by atoms with Gasteiger partial charge in [-0.1, -0.05) is 30.3 Å². The topological polar surface area (TPSA) is 68.2 Å². The molecule has 1 aliphatic heterocycles. The van der Waals surface area contributed by atoms with Crippen LogP contribution in [0, 0.1) is 0 Å². The minimum atomic E-state index is -1.03. The number of rotatable bonds is 4. The summed E-state index contributed by atoms with van der Waals surface area (Å²) in [6.45, 7) is 2.01. The maximum absolute atomic E-state index is 10.1. The first-order valence-corrected chi connectivity index (χ1v) is 6.33. The summed E-state index contributed by atoms with van der Waals surface area (Å²) in [5.74, 6) is 0. The molecule has 0 spiro atoms. The van der Waals surface area contributed by atoms with Crippen molar-refractivity contribution >= 4 is 0 Å². The van der Waals surface area contributed by atoms with Gasteiger partial charge in [0.1, 0.15) is 18.3 Å². The summed E-state index contributed by atoms with van der Waals surface area (Å²) in [6, 6.07) is 9.60. The Balaban J connectivity index is 2.00. The van der Waals surface area contributed by atoms with Crippen LogP contribution in [0.4, 0.5) is 0 Å². The van der Waals surface area contributed by atoms with Crippen molar-refractivity contribution in [2.75, 3.05) is 7.11 Å². The van der Waals surface area contributed by atoms with Crippen molar-refractivity contribution in [2.24, 2.45) is 0 Å². The molecule has 1 saturated heterocycles. The molecule has 1 heterocycles. The highest BCUT2D eigenvalue weighted by Gasteiger charge is 2.43. The molecular weight excluding hydrogens is 248 g/mol. The number of methoxy groups -OCH3 is 1. The van der Waals surface area contributed by atoms with Gasteiger partial charge in [0.2, 0.25) is 0 Å². The highest BCUT2D eigenvalue weighted by Crippen LogP contribution is 2.24. The van der Waals surface area contributed by atoms with E-state index in [4.69, 9.17) is 14.2 Å². The minimum Gasteiger partial charge on any atom is -0.388 e. The van der Waals surface area contributed by atoms with Gasteiger partial charge in [-0.05, 0) is 12.5 Å². The summed E-state index contributed by atoms with van der Waals surface area (Å²) in [5, 5.41) is 19.9. The van der Waals surface area contributed by atoms with Crippen LogP contribution in [0.2, 0.25) is 0 Å². The molecular formula is C14H20O5. The van der Waals surface area contributed by atoms with Crippen LogP contribution in [0.3, 0.4) is 0 Å². The lowest BCUT2D eigenvalue weighted by molar-refractivity contribution is -0.298.